The fourth-order valence-corrected chi connectivity index (χ4v) is 2.11. The van der Waals surface area contributed by atoms with Gasteiger partial charge in [-0.15, -0.1) is 0 Å². The first-order valence-corrected chi connectivity index (χ1v) is 5.52. The maximum Gasteiger partial charge on any atom is 0.142 e. The average molecular weight is 291 g/mol. The molecule has 0 heterocycles. The summed E-state index contributed by atoms with van der Waals surface area (Å²) in [4.78, 5) is 0. The number of methoxy groups -OCH3 is 3. The van der Waals surface area contributed by atoms with Gasteiger partial charge in [0.25, 0.3) is 0 Å². The van der Waals surface area contributed by atoms with Crippen molar-refractivity contribution in [1.29, 1.82) is 0 Å². The molecule has 4 nitrogen and oxygen atoms in total. The molecule has 0 fully saturated rings. The van der Waals surface area contributed by atoms with Gasteiger partial charge < -0.3 is 19.3 Å². The molecule has 5 heteroatoms. The molecule has 0 spiro atoms. The SMILES string of the molecule is COCC(O)c1ccc(OC)c(Br)c1OC. The van der Waals surface area contributed by atoms with Crippen molar-refractivity contribution < 1.29 is 19.3 Å². The first-order chi connectivity index (χ1) is 7.65. The fourth-order valence-electron chi connectivity index (χ4n) is 1.43. The molecule has 1 unspecified atom stereocenters. The molecule has 0 aromatic heterocycles. The van der Waals surface area contributed by atoms with E-state index in [1.807, 2.05) is 0 Å². The van der Waals surface area contributed by atoms with Crippen LogP contribution < -0.4 is 9.47 Å². The lowest BCUT2D eigenvalue weighted by Crippen LogP contribution is -2.07. The van der Waals surface area contributed by atoms with Crippen LogP contribution in [-0.2, 0) is 4.74 Å². The first-order valence-electron chi connectivity index (χ1n) is 4.73. The highest BCUT2D eigenvalue weighted by Crippen LogP contribution is 2.39. The lowest BCUT2D eigenvalue weighted by molar-refractivity contribution is 0.0626. The number of aliphatic hydroxyl groups excluding tert-OH is 1. The second-order valence-electron chi connectivity index (χ2n) is 3.18. The van der Waals surface area contributed by atoms with Crippen LogP contribution in [0.1, 0.15) is 11.7 Å². The van der Waals surface area contributed by atoms with E-state index in [0.717, 1.165) is 0 Å². The van der Waals surface area contributed by atoms with Gasteiger partial charge in [-0.25, -0.2) is 0 Å². The van der Waals surface area contributed by atoms with Crippen LogP contribution in [-0.4, -0.2) is 33.0 Å². The predicted octanol–water partition coefficient (Wildman–Crippen LogP) is 2.15. The largest absolute Gasteiger partial charge is 0.495 e. The van der Waals surface area contributed by atoms with Crippen LogP contribution in [0.4, 0.5) is 0 Å². The molecule has 1 atom stereocenters. The monoisotopic (exact) mass is 290 g/mol. The third-order valence-corrected chi connectivity index (χ3v) is 2.95. The van der Waals surface area contributed by atoms with Gasteiger partial charge in [0.15, 0.2) is 0 Å². The Labute approximate surface area is 103 Å². The Kier molecular flexibility index (Phi) is 5.05. The van der Waals surface area contributed by atoms with Crippen molar-refractivity contribution in [2.45, 2.75) is 6.10 Å². The minimum absolute atomic E-state index is 0.217. The molecule has 0 saturated heterocycles. The number of benzene rings is 1. The van der Waals surface area contributed by atoms with Crippen molar-refractivity contribution in [1.82, 2.24) is 0 Å². The zero-order chi connectivity index (χ0) is 12.1. The molecule has 0 saturated carbocycles. The van der Waals surface area contributed by atoms with Crippen LogP contribution in [0.5, 0.6) is 11.5 Å². The van der Waals surface area contributed by atoms with Crippen molar-refractivity contribution in [3.8, 4) is 11.5 Å². The van der Waals surface area contributed by atoms with Gasteiger partial charge in [0.05, 0.1) is 20.8 Å². The smallest absolute Gasteiger partial charge is 0.142 e. The minimum Gasteiger partial charge on any atom is -0.495 e. The summed E-state index contributed by atoms with van der Waals surface area (Å²) >= 11 is 3.37. The highest BCUT2D eigenvalue weighted by atomic mass is 79.9. The van der Waals surface area contributed by atoms with E-state index in [4.69, 9.17) is 14.2 Å². The Bertz CT molecular complexity index is 354. The standard InChI is InChI=1S/C11H15BrO4/c1-14-6-8(13)7-4-5-9(15-2)10(12)11(7)16-3/h4-5,8,13H,6H2,1-3H3. The van der Waals surface area contributed by atoms with Crippen LogP contribution in [0.2, 0.25) is 0 Å². The quantitative estimate of drug-likeness (QED) is 0.903. The van der Waals surface area contributed by atoms with E-state index in [0.29, 0.717) is 21.5 Å². The van der Waals surface area contributed by atoms with Gasteiger partial charge in [0.2, 0.25) is 0 Å². The molecule has 0 radical (unpaired) electrons. The van der Waals surface area contributed by atoms with Gasteiger partial charge in [-0.05, 0) is 28.1 Å². The summed E-state index contributed by atoms with van der Waals surface area (Å²) in [5.74, 6) is 1.22. The number of rotatable bonds is 5. The Morgan fingerprint density at radius 2 is 1.94 bits per heavy atom. The summed E-state index contributed by atoms with van der Waals surface area (Å²) in [6.45, 7) is 0.217. The highest BCUT2D eigenvalue weighted by molar-refractivity contribution is 9.10. The summed E-state index contributed by atoms with van der Waals surface area (Å²) in [6, 6.07) is 3.52. The molecule has 90 valence electrons. The molecule has 0 amide bonds. The molecule has 0 bridgehead atoms. The molecule has 1 aromatic rings. The second-order valence-corrected chi connectivity index (χ2v) is 3.97. The molecule has 0 aliphatic heterocycles. The molecule has 1 aromatic carbocycles. The molecule has 1 N–H and O–H groups in total. The van der Waals surface area contributed by atoms with E-state index in [1.165, 1.54) is 7.11 Å². The van der Waals surface area contributed by atoms with E-state index >= 15 is 0 Å². The van der Waals surface area contributed by atoms with Crippen LogP contribution in [0, 0.1) is 0 Å². The number of halogens is 1. The zero-order valence-corrected chi connectivity index (χ0v) is 11.1. The average Bonchev–Trinajstić information content (AvgIpc) is 2.28. The molecule has 0 aliphatic rings. The van der Waals surface area contributed by atoms with Gasteiger partial charge in [-0.1, -0.05) is 0 Å². The van der Waals surface area contributed by atoms with E-state index in [1.54, 1.807) is 26.4 Å². The molecule has 0 aliphatic carbocycles. The van der Waals surface area contributed by atoms with E-state index in [-0.39, 0.29) is 6.61 Å². The Morgan fingerprint density at radius 1 is 1.25 bits per heavy atom. The van der Waals surface area contributed by atoms with Crippen molar-refractivity contribution in [2.75, 3.05) is 27.9 Å². The maximum absolute atomic E-state index is 9.85. The van der Waals surface area contributed by atoms with Gasteiger partial charge in [0, 0.05) is 12.7 Å². The third-order valence-electron chi connectivity index (χ3n) is 2.20. The van der Waals surface area contributed by atoms with Gasteiger partial charge >= 0.3 is 0 Å². The van der Waals surface area contributed by atoms with Crippen LogP contribution in [0.15, 0.2) is 16.6 Å². The minimum atomic E-state index is -0.720. The first kappa shape index (κ1) is 13.3. The van der Waals surface area contributed by atoms with E-state index < -0.39 is 6.10 Å². The lowest BCUT2D eigenvalue weighted by atomic mass is 10.1. The molecule has 1 rings (SSSR count). The Morgan fingerprint density at radius 3 is 2.44 bits per heavy atom. The van der Waals surface area contributed by atoms with Crippen molar-refractivity contribution >= 4 is 15.9 Å². The van der Waals surface area contributed by atoms with E-state index in [2.05, 4.69) is 15.9 Å². The second kappa shape index (κ2) is 6.08. The van der Waals surface area contributed by atoms with E-state index in [9.17, 15) is 5.11 Å². The third kappa shape index (κ3) is 2.66. The summed E-state index contributed by atoms with van der Waals surface area (Å²) in [5.41, 5.74) is 0.664. The predicted molar refractivity (Wildman–Crippen MR) is 64.1 cm³/mol. The van der Waals surface area contributed by atoms with Crippen molar-refractivity contribution in [3.05, 3.63) is 22.2 Å². The summed E-state index contributed by atoms with van der Waals surface area (Å²) in [6.07, 6.45) is -0.720. The topological polar surface area (TPSA) is 47.9 Å². The van der Waals surface area contributed by atoms with Crippen LogP contribution >= 0.6 is 15.9 Å². The van der Waals surface area contributed by atoms with Crippen LogP contribution in [0.25, 0.3) is 0 Å². The molecular weight excluding hydrogens is 276 g/mol. The highest BCUT2D eigenvalue weighted by Gasteiger charge is 2.18. The summed E-state index contributed by atoms with van der Waals surface area (Å²) < 4.78 is 16.0. The van der Waals surface area contributed by atoms with Gasteiger partial charge in [0.1, 0.15) is 22.1 Å². The van der Waals surface area contributed by atoms with Crippen molar-refractivity contribution in [2.24, 2.45) is 0 Å². The Hall–Kier alpha value is -0.780. The number of aliphatic hydroxyl groups is 1. The maximum atomic E-state index is 9.85. The number of hydrogen-bond acceptors (Lipinski definition) is 4. The van der Waals surface area contributed by atoms with Gasteiger partial charge in [-0.3, -0.25) is 0 Å². The Balaban J connectivity index is 3.14. The normalized spacial score (nSPS) is 12.3. The van der Waals surface area contributed by atoms with Crippen molar-refractivity contribution in [3.63, 3.8) is 0 Å². The molecular formula is C11H15BrO4. The molecule has 16 heavy (non-hydrogen) atoms. The summed E-state index contributed by atoms with van der Waals surface area (Å²) in [5, 5.41) is 9.85. The zero-order valence-electron chi connectivity index (χ0n) is 9.49. The van der Waals surface area contributed by atoms with Gasteiger partial charge in [-0.2, -0.15) is 0 Å². The number of hydrogen-bond donors (Lipinski definition) is 1. The summed E-state index contributed by atoms with van der Waals surface area (Å²) in [7, 11) is 4.65. The lowest BCUT2D eigenvalue weighted by Gasteiger charge is -2.16. The number of ether oxygens (including phenoxy) is 3. The fraction of sp³-hybridized carbons (Fsp3) is 0.455. The van der Waals surface area contributed by atoms with Crippen LogP contribution in [0.3, 0.4) is 0 Å².